The number of nitrogens with two attached hydrogens (primary N) is 1. The largest absolute Gasteiger partial charge is 0.507 e. The minimum absolute atomic E-state index is 0.0268. The summed E-state index contributed by atoms with van der Waals surface area (Å²) in [6.45, 7) is 0. The zero-order valence-electron chi connectivity index (χ0n) is 13.7. The molecular weight excluding hydrogens is 384 g/mol. The van der Waals surface area contributed by atoms with E-state index >= 15 is 0 Å². The van der Waals surface area contributed by atoms with Crippen LogP contribution in [0.25, 0.3) is 21.0 Å². The molecule has 7 nitrogen and oxygen atoms in total. The van der Waals surface area contributed by atoms with E-state index in [2.05, 4.69) is 15.2 Å². The van der Waals surface area contributed by atoms with Crippen molar-refractivity contribution in [1.29, 1.82) is 0 Å². The number of benzene rings is 3. The zero-order chi connectivity index (χ0) is 18.8. The zero-order valence-corrected chi connectivity index (χ0v) is 15.3. The lowest BCUT2D eigenvalue weighted by atomic mass is 10.0. The van der Waals surface area contributed by atoms with Crippen LogP contribution < -0.4 is 5.14 Å². The summed E-state index contributed by atoms with van der Waals surface area (Å²) in [7, 11) is 0. The number of thiazole rings is 1. The van der Waals surface area contributed by atoms with Gasteiger partial charge in [0.05, 0.1) is 21.5 Å². The van der Waals surface area contributed by atoms with Crippen LogP contribution in [0.15, 0.2) is 64.8 Å². The number of aromatic nitrogens is 1. The number of nitrogens with zero attached hydrogens (tertiary/aromatic N) is 3. The quantitative estimate of drug-likeness (QED) is 0.277. The summed E-state index contributed by atoms with van der Waals surface area (Å²) in [5, 5.41) is 25.2. The van der Waals surface area contributed by atoms with Crippen LogP contribution in [0.4, 0.5) is 10.8 Å². The summed E-state index contributed by atoms with van der Waals surface area (Å²) in [5.41, 5.74) is 1.49. The molecule has 1 aromatic heterocycles. The van der Waals surface area contributed by atoms with Gasteiger partial charge in [0.15, 0.2) is 0 Å². The van der Waals surface area contributed by atoms with Gasteiger partial charge in [-0.2, -0.15) is 0 Å². The molecule has 0 aliphatic carbocycles. The van der Waals surface area contributed by atoms with Gasteiger partial charge in [0.2, 0.25) is 5.13 Å². The van der Waals surface area contributed by atoms with Crippen molar-refractivity contribution in [3.05, 3.63) is 60.2 Å². The molecule has 1 heterocycles. The molecule has 0 fully saturated rings. The number of phenolic OH excluding ortho intramolecular Hbond substituents is 1. The monoisotopic (exact) mass is 396 g/mol. The van der Waals surface area contributed by atoms with Crippen LogP contribution in [0.3, 0.4) is 0 Å². The molecule has 0 bridgehead atoms. The van der Waals surface area contributed by atoms with Crippen LogP contribution in [-0.2, 0) is 4.18 Å². The number of aromatic hydroxyl groups is 1. The third kappa shape index (κ3) is 3.35. The molecule has 0 aliphatic rings. The molecule has 0 spiro atoms. The van der Waals surface area contributed by atoms with E-state index in [4.69, 9.17) is 9.32 Å². The van der Waals surface area contributed by atoms with Crippen molar-refractivity contribution >= 4 is 61.3 Å². The molecule has 0 amide bonds. The average Bonchev–Trinajstić information content (AvgIpc) is 3.10. The van der Waals surface area contributed by atoms with Gasteiger partial charge in [-0.05, 0) is 30.3 Å². The highest BCUT2D eigenvalue weighted by atomic mass is 32.2. The standard InChI is InChI=1S/C18H12N4O3S2/c19-27-25-17(24)11-5-3-4-10-14(23)9-8-13(16(10)11)21-22-18-20-12-6-1-2-7-15(12)26-18/h1-9,23H,19H2/b22-21+. The maximum atomic E-state index is 12.2. The predicted molar refractivity (Wildman–Crippen MR) is 107 cm³/mol. The fourth-order valence-corrected chi connectivity index (χ4v) is 3.68. The second-order valence-electron chi connectivity index (χ2n) is 5.46. The van der Waals surface area contributed by atoms with Crippen molar-refractivity contribution < 1.29 is 14.1 Å². The number of carbonyl (C=O) groups excluding carboxylic acids is 1. The summed E-state index contributed by atoms with van der Waals surface area (Å²) in [6, 6.07) is 15.7. The molecule has 27 heavy (non-hydrogen) atoms. The lowest BCUT2D eigenvalue weighted by molar-refractivity contribution is 0.0770. The van der Waals surface area contributed by atoms with Crippen LogP contribution in [0.5, 0.6) is 5.75 Å². The smallest absolute Gasteiger partial charge is 0.352 e. The van der Waals surface area contributed by atoms with Gasteiger partial charge in [0.1, 0.15) is 18.0 Å². The molecule has 9 heteroatoms. The van der Waals surface area contributed by atoms with Crippen LogP contribution in [0.1, 0.15) is 10.4 Å². The number of fused-ring (bicyclic) bond motifs is 2. The summed E-state index contributed by atoms with van der Waals surface area (Å²) < 4.78 is 5.83. The molecular formula is C18H12N4O3S2. The second-order valence-corrected chi connectivity index (χ2v) is 6.83. The highest BCUT2D eigenvalue weighted by molar-refractivity contribution is 7.92. The Bertz CT molecular complexity index is 1160. The van der Waals surface area contributed by atoms with Gasteiger partial charge >= 0.3 is 5.97 Å². The molecule has 0 atom stereocenters. The summed E-state index contributed by atoms with van der Waals surface area (Å²) >= 11 is 1.87. The molecule has 4 aromatic rings. The van der Waals surface area contributed by atoms with Crippen LogP contribution >= 0.6 is 23.6 Å². The van der Waals surface area contributed by atoms with Crippen molar-refractivity contribution in [3.8, 4) is 5.75 Å². The van der Waals surface area contributed by atoms with Crippen molar-refractivity contribution in [2.24, 2.45) is 15.4 Å². The highest BCUT2D eigenvalue weighted by Gasteiger charge is 2.17. The third-order valence-electron chi connectivity index (χ3n) is 3.87. The van der Waals surface area contributed by atoms with E-state index in [1.807, 2.05) is 24.3 Å². The van der Waals surface area contributed by atoms with Crippen molar-refractivity contribution in [2.45, 2.75) is 0 Å². The number of rotatable bonds is 4. The van der Waals surface area contributed by atoms with Gasteiger partial charge < -0.3 is 9.29 Å². The number of para-hydroxylation sites is 1. The maximum Gasteiger partial charge on any atom is 0.352 e. The number of hydrogen-bond acceptors (Lipinski definition) is 9. The Kier molecular flexibility index (Phi) is 4.71. The van der Waals surface area contributed by atoms with E-state index in [1.165, 1.54) is 17.4 Å². The first-order valence-electron chi connectivity index (χ1n) is 7.77. The summed E-state index contributed by atoms with van der Waals surface area (Å²) in [6.07, 6.45) is 0. The Balaban J connectivity index is 1.83. The fourth-order valence-electron chi connectivity index (χ4n) is 2.71. The first-order valence-corrected chi connectivity index (χ1v) is 9.39. The van der Waals surface area contributed by atoms with Crippen LogP contribution in [-0.4, -0.2) is 16.1 Å². The molecule has 3 N–H and O–H groups in total. The van der Waals surface area contributed by atoms with E-state index in [-0.39, 0.29) is 11.3 Å². The minimum atomic E-state index is -0.630. The Morgan fingerprint density at radius 3 is 2.78 bits per heavy atom. The molecule has 3 aromatic carbocycles. The van der Waals surface area contributed by atoms with E-state index in [0.717, 1.165) is 10.2 Å². The van der Waals surface area contributed by atoms with E-state index in [9.17, 15) is 9.90 Å². The van der Waals surface area contributed by atoms with Gasteiger partial charge in [0, 0.05) is 10.8 Å². The average molecular weight is 396 g/mol. The van der Waals surface area contributed by atoms with Gasteiger partial charge in [-0.25, -0.2) is 14.9 Å². The summed E-state index contributed by atoms with van der Waals surface area (Å²) in [4.78, 5) is 16.6. The van der Waals surface area contributed by atoms with E-state index in [0.29, 0.717) is 33.8 Å². The number of carbonyl (C=O) groups is 1. The lowest BCUT2D eigenvalue weighted by Gasteiger charge is -2.08. The van der Waals surface area contributed by atoms with Gasteiger partial charge in [-0.15, -0.1) is 10.2 Å². The Hall–Kier alpha value is -3.01. The highest BCUT2D eigenvalue weighted by Crippen LogP contribution is 2.37. The lowest BCUT2D eigenvalue weighted by Crippen LogP contribution is -2.02. The van der Waals surface area contributed by atoms with E-state index in [1.54, 1.807) is 24.3 Å². The van der Waals surface area contributed by atoms with E-state index < -0.39 is 5.97 Å². The normalized spacial score (nSPS) is 11.4. The Morgan fingerprint density at radius 2 is 1.96 bits per heavy atom. The minimum Gasteiger partial charge on any atom is -0.507 e. The van der Waals surface area contributed by atoms with Crippen LogP contribution in [0, 0.1) is 0 Å². The molecule has 0 unspecified atom stereocenters. The van der Waals surface area contributed by atoms with Gasteiger partial charge in [0.25, 0.3) is 0 Å². The SMILES string of the molecule is NSOC(=O)c1cccc2c(O)ccc(/N=N/c3nc4ccccc4s3)c12. The molecule has 0 saturated carbocycles. The topological polar surface area (TPSA) is 110 Å². The van der Waals surface area contributed by atoms with Crippen molar-refractivity contribution in [3.63, 3.8) is 0 Å². The molecule has 0 aliphatic heterocycles. The predicted octanol–water partition coefficient (Wildman–Crippen LogP) is 5.25. The molecule has 0 radical (unpaired) electrons. The van der Waals surface area contributed by atoms with Crippen LogP contribution in [0.2, 0.25) is 0 Å². The Morgan fingerprint density at radius 1 is 1.11 bits per heavy atom. The number of phenols is 1. The number of hydrogen-bond donors (Lipinski definition) is 2. The fraction of sp³-hybridized carbons (Fsp3) is 0. The molecule has 4 rings (SSSR count). The first-order chi connectivity index (χ1) is 13.2. The third-order valence-corrected chi connectivity index (χ3v) is 5.03. The van der Waals surface area contributed by atoms with Crippen molar-refractivity contribution in [2.75, 3.05) is 0 Å². The summed E-state index contributed by atoms with van der Waals surface area (Å²) in [5.74, 6) is -0.603. The number of azo groups is 1. The Labute approximate surface area is 161 Å². The van der Waals surface area contributed by atoms with Crippen molar-refractivity contribution in [1.82, 2.24) is 4.98 Å². The first kappa shape index (κ1) is 17.4. The van der Waals surface area contributed by atoms with Gasteiger partial charge in [-0.3, -0.25) is 0 Å². The molecule has 0 saturated heterocycles. The second kappa shape index (κ2) is 7.31. The van der Waals surface area contributed by atoms with Gasteiger partial charge in [-0.1, -0.05) is 35.6 Å². The molecule has 134 valence electrons. The maximum absolute atomic E-state index is 12.2.